The average Bonchev–Trinajstić information content (AvgIpc) is 2.17. The van der Waals surface area contributed by atoms with Crippen LogP contribution < -0.4 is 5.32 Å². The Bertz CT molecular complexity index is 226. The topological polar surface area (TPSA) is 21.3 Å². The molecule has 0 amide bonds. The molecule has 108 valence electrons. The number of nitrogens with one attached hydrogen (secondary N) is 1. The summed E-state index contributed by atoms with van der Waals surface area (Å²) in [5.74, 6) is 0.740. The molecule has 0 unspecified atom stereocenters. The Morgan fingerprint density at radius 2 is 1.89 bits per heavy atom. The Morgan fingerprint density at radius 1 is 1.22 bits per heavy atom. The molecule has 0 saturated heterocycles. The lowest BCUT2D eigenvalue weighted by Crippen LogP contribution is -2.43. The van der Waals surface area contributed by atoms with E-state index in [1.807, 2.05) is 0 Å². The van der Waals surface area contributed by atoms with Gasteiger partial charge in [-0.15, -0.1) is 0 Å². The van der Waals surface area contributed by atoms with E-state index < -0.39 is 0 Å². The smallest absolute Gasteiger partial charge is 0.0694 e. The van der Waals surface area contributed by atoms with Crippen LogP contribution in [0.3, 0.4) is 0 Å². The van der Waals surface area contributed by atoms with E-state index in [-0.39, 0.29) is 5.60 Å². The number of rotatable bonds is 8. The minimum atomic E-state index is 0.217. The summed E-state index contributed by atoms with van der Waals surface area (Å²) >= 11 is 0. The number of hydrogen-bond acceptors (Lipinski definition) is 2. The van der Waals surface area contributed by atoms with Crippen LogP contribution in [0.5, 0.6) is 0 Å². The van der Waals surface area contributed by atoms with E-state index in [1.54, 1.807) is 0 Å². The number of hydrogen-bond donors (Lipinski definition) is 1. The summed E-state index contributed by atoms with van der Waals surface area (Å²) in [5.41, 5.74) is 0.607. The largest absolute Gasteiger partial charge is 0.375 e. The summed E-state index contributed by atoms with van der Waals surface area (Å²) in [6.45, 7) is 14.5. The van der Waals surface area contributed by atoms with Gasteiger partial charge in [0.25, 0.3) is 0 Å². The molecule has 0 radical (unpaired) electrons. The van der Waals surface area contributed by atoms with Gasteiger partial charge in [0.2, 0.25) is 0 Å². The maximum Gasteiger partial charge on any atom is 0.0694 e. The van der Waals surface area contributed by atoms with Gasteiger partial charge in [-0.3, -0.25) is 0 Å². The highest BCUT2D eigenvalue weighted by Crippen LogP contribution is 2.39. The van der Waals surface area contributed by atoms with Gasteiger partial charge in [0.15, 0.2) is 0 Å². The molecule has 1 N–H and O–H groups in total. The third-order valence-electron chi connectivity index (χ3n) is 3.84. The van der Waals surface area contributed by atoms with Gasteiger partial charge in [0.1, 0.15) is 0 Å². The van der Waals surface area contributed by atoms with Crippen LogP contribution in [0, 0.1) is 11.3 Å². The SMILES string of the molecule is CC(C)CNCCC1(OCCC(C)(C)C)CCC1. The summed E-state index contributed by atoms with van der Waals surface area (Å²) in [7, 11) is 0. The van der Waals surface area contributed by atoms with Crippen molar-refractivity contribution >= 4 is 0 Å². The first-order valence-corrected chi connectivity index (χ1v) is 7.68. The zero-order chi connectivity index (χ0) is 13.6. The van der Waals surface area contributed by atoms with Gasteiger partial charge < -0.3 is 10.1 Å². The van der Waals surface area contributed by atoms with Gasteiger partial charge in [-0.2, -0.15) is 0 Å². The van der Waals surface area contributed by atoms with E-state index in [1.165, 1.54) is 25.7 Å². The second-order valence-corrected chi connectivity index (χ2v) is 7.54. The van der Waals surface area contributed by atoms with Gasteiger partial charge in [-0.25, -0.2) is 0 Å². The molecule has 2 heteroatoms. The van der Waals surface area contributed by atoms with E-state index in [0.717, 1.165) is 32.0 Å². The third-order valence-corrected chi connectivity index (χ3v) is 3.84. The highest BCUT2D eigenvalue weighted by molar-refractivity contribution is 4.90. The van der Waals surface area contributed by atoms with Gasteiger partial charge in [0, 0.05) is 6.61 Å². The summed E-state index contributed by atoms with van der Waals surface area (Å²) in [6.07, 6.45) is 6.22. The molecule has 1 saturated carbocycles. The fourth-order valence-corrected chi connectivity index (χ4v) is 2.32. The molecule has 0 heterocycles. The fourth-order valence-electron chi connectivity index (χ4n) is 2.32. The summed E-state index contributed by atoms with van der Waals surface area (Å²) < 4.78 is 6.21. The van der Waals surface area contributed by atoms with Crippen molar-refractivity contribution in [3.63, 3.8) is 0 Å². The van der Waals surface area contributed by atoms with Crippen molar-refractivity contribution in [3.05, 3.63) is 0 Å². The maximum absolute atomic E-state index is 6.21. The van der Waals surface area contributed by atoms with Crippen molar-refractivity contribution < 1.29 is 4.74 Å². The van der Waals surface area contributed by atoms with Crippen LogP contribution in [0.2, 0.25) is 0 Å². The molecule has 2 nitrogen and oxygen atoms in total. The van der Waals surface area contributed by atoms with Gasteiger partial charge in [-0.1, -0.05) is 34.6 Å². The Hall–Kier alpha value is -0.0800. The van der Waals surface area contributed by atoms with Crippen LogP contribution >= 0.6 is 0 Å². The molecule has 0 aromatic rings. The lowest BCUT2D eigenvalue weighted by molar-refractivity contribution is -0.110. The van der Waals surface area contributed by atoms with Crippen LogP contribution in [-0.4, -0.2) is 25.3 Å². The first-order chi connectivity index (χ1) is 8.33. The third kappa shape index (κ3) is 6.19. The van der Waals surface area contributed by atoms with E-state index >= 15 is 0 Å². The summed E-state index contributed by atoms with van der Waals surface area (Å²) in [4.78, 5) is 0. The molecule has 0 atom stereocenters. The highest BCUT2D eigenvalue weighted by Gasteiger charge is 2.37. The van der Waals surface area contributed by atoms with Gasteiger partial charge in [0.05, 0.1) is 5.60 Å². The molecule has 0 bridgehead atoms. The van der Waals surface area contributed by atoms with Gasteiger partial charge in [-0.05, 0) is 56.5 Å². The van der Waals surface area contributed by atoms with Crippen molar-refractivity contribution in [2.45, 2.75) is 72.3 Å². The predicted octanol–water partition coefficient (Wildman–Crippen LogP) is 4.00. The van der Waals surface area contributed by atoms with Crippen molar-refractivity contribution in [2.75, 3.05) is 19.7 Å². The molecule has 1 fully saturated rings. The highest BCUT2D eigenvalue weighted by atomic mass is 16.5. The molecule has 0 aromatic carbocycles. The Morgan fingerprint density at radius 3 is 2.33 bits per heavy atom. The quantitative estimate of drug-likeness (QED) is 0.662. The molecular weight excluding hydrogens is 222 g/mol. The van der Waals surface area contributed by atoms with E-state index in [9.17, 15) is 0 Å². The Balaban J connectivity index is 2.17. The van der Waals surface area contributed by atoms with E-state index in [0.29, 0.717) is 5.41 Å². The average molecular weight is 255 g/mol. The van der Waals surface area contributed by atoms with Crippen molar-refractivity contribution in [2.24, 2.45) is 11.3 Å². The first-order valence-electron chi connectivity index (χ1n) is 7.68. The van der Waals surface area contributed by atoms with E-state index in [4.69, 9.17) is 4.74 Å². The van der Waals surface area contributed by atoms with E-state index in [2.05, 4.69) is 39.9 Å². The van der Waals surface area contributed by atoms with Crippen molar-refractivity contribution in [1.82, 2.24) is 5.32 Å². The molecule has 0 spiro atoms. The Labute approximate surface area is 114 Å². The predicted molar refractivity (Wildman–Crippen MR) is 78.9 cm³/mol. The lowest BCUT2D eigenvalue weighted by atomic mass is 9.77. The van der Waals surface area contributed by atoms with Crippen LogP contribution in [0.25, 0.3) is 0 Å². The lowest BCUT2D eigenvalue weighted by Gasteiger charge is -2.42. The molecule has 1 rings (SSSR count). The zero-order valence-electron chi connectivity index (χ0n) is 13.1. The summed E-state index contributed by atoms with van der Waals surface area (Å²) in [6, 6.07) is 0. The monoisotopic (exact) mass is 255 g/mol. The second-order valence-electron chi connectivity index (χ2n) is 7.54. The molecule has 18 heavy (non-hydrogen) atoms. The van der Waals surface area contributed by atoms with Crippen LogP contribution in [-0.2, 0) is 4.74 Å². The maximum atomic E-state index is 6.21. The molecule has 1 aliphatic carbocycles. The standard InChI is InChI=1S/C16H33NO/c1-14(2)13-17-11-9-16(7-6-8-16)18-12-10-15(3,4)5/h14,17H,6-13H2,1-5H3. The second kappa shape index (κ2) is 6.91. The minimum Gasteiger partial charge on any atom is -0.375 e. The minimum absolute atomic E-state index is 0.217. The number of ether oxygens (including phenoxy) is 1. The fraction of sp³-hybridized carbons (Fsp3) is 1.00. The van der Waals surface area contributed by atoms with Crippen molar-refractivity contribution in [3.8, 4) is 0 Å². The zero-order valence-corrected chi connectivity index (χ0v) is 13.1. The van der Waals surface area contributed by atoms with Crippen LogP contribution in [0.15, 0.2) is 0 Å². The normalized spacial score (nSPS) is 19.0. The summed E-state index contributed by atoms with van der Waals surface area (Å²) in [5, 5.41) is 3.54. The molecule has 0 aromatic heterocycles. The van der Waals surface area contributed by atoms with Gasteiger partial charge >= 0.3 is 0 Å². The first kappa shape index (κ1) is 16.0. The van der Waals surface area contributed by atoms with Crippen LogP contribution in [0.1, 0.15) is 66.7 Å². The molecule has 0 aliphatic heterocycles. The molecule has 1 aliphatic rings. The Kier molecular flexibility index (Phi) is 6.13. The molecular formula is C16H33NO. The van der Waals surface area contributed by atoms with Crippen LogP contribution in [0.4, 0.5) is 0 Å². The van der Waals surface area contributed by atoms with Crippen molar-refractivity contribution in [1.29, 1.82) is 0 Å².